The highest BCUT2D eigenvalue weighted by Crippen LogP contribution is 2.19. The summed E-state index contributed by atoms with van der Waals surface area (Å²) in [5, 5.41) is 7.26. The van der Waals surface area contributed by atoms with E-state index < -0.39 is 0 Å². The standard InChI is InChI=1S/C18H18N2O4S/c21-17(19-8-7-13-4-3-9-23-13)14-5-1-2-6-15(14)20-18(22)16-12-25-11-10-24-16/h1-6,9,12H,7-8,10-11H2,(H,19,21)(H,20,22). The number of thioether (sulfide) groups is 1. The summed E-state index contributed by atoms with van der Waals surface area (Å²) in [6.07, 6.45) is 2.20. The van der Waals surface area contributed by atoms with E-state index in [0.29, 0.717) is 30.8 Å². The lowest BCUT2D eigenvalue weighted by Gasteiger charge is -2.15. The second kappa shape index (κ2) is 8.43. The molecule has 0 saturated heterocycles. The number of benzene rings is 1. The number of anilines is 1. The van der Waals surface area contributed by atoms with Crippen molar-refractivity contribution in [2.75, 3.05) is 24.2 Å². The first-order chi connectivity index (χ1) is 12.2. The van der Waals surface area contributed by atoms with E-state index >= 15 is 0 Å². The Labute approximate surface area is 149 Å². The molecule has 0 unspecified atom stereocenters. The van der Waals surface area contributed by atoms with Gasteiger partial charge < -0.3 is 19.8 Å². The predicted octanol–water partition coefficient (Wildman–Crippen LogP) is 2.80. The van der Waals surface area contributed by atoms with Gasteiger partial charge in [0.2, 0.25) is 0 Å². The van der Waals surface area contributed by atoms with E-state index in [1.807, 2.05) is 12.1 Å². The van der Waals surface area contributed by atoms with E-state index in [-0.39, 0.29) is 17.6 Å². The molecule has 0 fully saturated rings. The second-order valence-electron chi connectivity index (χ2n) is 5.29. The van der Waals surface area contributed by atoms with Gasteiger partial charge in [0.15, 0.2) is 5.76 Å². The van der Waals surface area contributed by atoms with Crippen molar-refractivity contribution in [3.05, 3.63) is 65.2 Å². The van der Waals surface area contributed by atoms with Crippen molar-refractivity contribution in [3.63, 3.8) is 0 Å². The Hall–Kier alpha value is -2.67. The maximum absolute atomic E-state index is 12.4. The number of carbonyl (C=O) groups is 2. The van der Waals surface area contributed by atoms with Crippen LogP contribution >= 0.6 is 11.8 Å². The SMILES string of the molecule is O=C(Nc1ccccc1C(=O)NCCc1ccco1)C1=CSCCO1. The topological polar surface area (TPSA) is 80.6 Å². The van der Waals surface area contributed by atoms with Crippen LogP contribution in [0.5, 0.6) is 0 Å². The molecule has 130 valence electrons. The van der Waals surface area contributed by atoms with Gasteiger partial charge in [-0.15, -0.1) is 11.8 Å². The minimum absolute atomic E-state index is 0.254. The van der Waals surface area contributed by atoms with Gasteiger partial charge in [-0.1, -0.05) is 12.1 Å². The Morgan fingerprint density at radius 1 is 1.12 bits per heavy atom. The van der Waals surface area contributed by atoms with Crippen LogP contribution in [0.25, 0.3) is 0 Å². The highest BCUT2D eigenvalue weighted by Gasteiger charge is 2.18. The molecule has 1 aromatic carbocycles. The van der Waals surface area contributed by atoms with Crippen molar-refractivity contribution in [3.8, 4) is 0 Å². The maximum atomic E-state index is 12.4. The van der Waals surface area contributed by atoms with Crippen LogP contribution in [0.3, 0.4) is 0 Å². The number of hydrogen-bond donors (Lipinski definition) is 2. The van der Waals surface area contributed by atoms with Crippen LogP contribution in [-0.4, -0.2) is 30.7 Å². The monoisotopic (exact) mass is 358 g/mol. The van der Waals surface area contributed by atoms with Crippen molar-refractivity contribution < 1.29 is 18.7 Å². The number of ether oxygens (including phenoxy) is 1. The highest BCUT2D eigenvalue weighted by atomic mass is 32.2. The van der Waals surface area contributed by atoms with Gasteiger partial charge in [0, 0.05) is 24.1 Å². The van der Waals surface area contributed by atoms with E-state index in [1.165, 1.54) is 11.8 Å². The fourth-order valence-electron chi connectivity index (χ4n) is 2.31. The molecule has 6 nitrogen and oxygen atoms in total. The molecule has 1 aliphatic heterocycles. The Balaban J connectivity index is 1.62. The van der Waals surface area contributed by atoms with Crippen molar-refractivity contribution >= 4 is 29.3 Å². The van der Waals surface area contributed by atoms with Crippen molar-refractivity contribution in [1.29, 1.82) is 0 Å². The normalized spacial score (nSPS) is 13.5. The molecule has 0 saturated carbocycles. The summed E-state index contributed by atoms with van der Waals surface area (Å²) in [4.78, 5) is 24.7. The maximum Gasteiger partial charge on any atom is 0.291 e. The molecule has 1 aromatic heterocycles. The number of amides is 2. The first-order valence-electron chi connectivity index (χ1n) is 7.89. The number of hydrogen-bond acceptors (Lipinski definition) is 5. The molecule has 2 N–H and O–H groups in total. The van der Waals surface area contributed by atoms with Crippen LogP contribution in [-0.2, 0) is 16.0 Å². The van der Waals surface area contributed by atoms with Gasteiger partial charge in [-0.3, -0.25) is 9.59 Å². The molecule has 7 heteroatoms. The van der Waals surface area contributed by atoms with Crippen molar-refractivity contribution in [2.24, 2.45) is 0 Å². The van der Waals surface area contributed by atoms with E-state index in [0.717, 1.165) is 11.5 Å². The number of furan rings is 1. The van der Waals surface area contributed by atoms with E-state index in [4.69, 9.17) is 9.15 Å². The molecule has 0 atom stereocenters. The van der Waals surface area contributed by atoms with Gasteiger partial charge in [0.25, 0.3) is 11.8 Å². The van der Waals surface area contributed by atoms with E-state index in [2.05, 4.69) is 10.6 Å². The number of carbonyl (C=O) groups excluding carboxylic acids is 2. The lowest BCUT2D eigenvalue weighted by Crippen LogP contribution is -2.27. The van der Waals surface area contributed by atoms with Gasteiger partial charge in [-0.05, 0) is 24.3 Å². The smallest absolute Gasteiger partial charge is 0.291 e. The summed E-state index contributed by atoms with van der Waals surface area (Å²) in [7, 11) is 0. The van der Waals surface area contributed by atoms with Gasteiger partial charge in [-0.25, -0.2) is 0 Å². The number of para-hydroxylation sites is 1. The summed E-state index contributed by atoms with van der Waals surface area (Å²) in [5.74, 6) is 1.29. The molecule has 2 heterocycles. The highest BCUT2D eigenvalue weighted by molar-refractivity contribution is 8.02. The Morgan fingerprint density at radius 2 is 2.00 bits per heavy atom. The molecular weight excluding hydrogens is 340 g/mol. The first-order valence-corrected chi connectivity index (χ1v) is 8.94. The molecule has 0 spiro atoms. The fraction of sp³-hybridized carbons (Fsp3) is 0.222. The van der Waals surface area contributed by atoms with Crippen LogP contribution in [0.4, 0.5) is 5.69 Å². The van der Waals surface area contributed by atoms with Crippen LogP contribution < -0.4 is 10.6 Å². The van der Waals surface area contributed by atoms with Gasteiger partial charge >= 0.3 is 0 Å². The van der Waals surface area contributed by atoms with Crippen LogP contribution in [0.15, 0.2) is 58.2 Å². The number of nitrogens with one attached hydrogen (secondary N) is 2. The zero-order chi connectivity index (χ0) is 17.5. The predicted molar refractivity (Wildman–Crippen MR) is 96.3 cm³/mol. The average molecular weight is 358 g/mol. The van der Waals surface area contributed by atoms with Crippen LogP contribution in [0, 0.1) is 0 Å². The summed E-state index contributed by atoms with van der Waals surface area (Å²) in [6, 6.07) is 10.5. The molecule has 3 rings (SSSR count). The molecule has 0 aliphatic carbocycles. The Morgan fingerprint density at radius 3 is 2.76 bits per heavy atom. The fourth-order valence-corrected chi connectivity index (χ4v) is 2.93. The summed E-state index contributed by atoms with van der Waals surface area (Å²) in [5.41, 5.74) is 0.849. The molecule has 2 aromatic rings. The first kappa shape index (κ1) is 17.2. The lowest BCUT2D eigenvalue weighted by atomic mass is 10.1. The third-order valence-electron chi connectivity index (χ3n) is 3.53. The average Bonchev–Trinajstić information content (AvgIpc) is 3.16. The minimum Gasteiger partial charge on any atom is -0.487 e. The second-order valence-corrected chi connectivity index (χ2v) is 6.26. The van der Waals surface area contributed by atoms with E-state index in [1.54, 1.807) is 35.9 Å². The summed E-state index contributed by atoms with van der Waals surface area (Å²) in [6.45, 7) is 0.943. The molecule has 1 aliphatic rings. The number of rotatable bonds is 6. The third-order valence-corrected chi connectivity index (χ3v) is 4.31. The van der Waals surface area contributed by atoms with Gasteiger partial charge in [0.1, 0.15) is 5.76 Å². The molecular formula is C18H18N2O4S. The lowest BCUT2D eigenvalue weighted by molar-refractivity contribution is -0.116. The zero-order valence-electron chi connectivity index (χ0n) is 13.5. The van der Waals surface area contributed by atoms with Crippen LogP contribution in [0.2, 0.25) is 0 Å². The minimum atomic E-state index is -0.358. The molecule has 25 heavy (non-hydrogen) atoms. The Bertz CT molecular complexity index is 771. The Kier molecular flexibility index (Phi) is 5.79. The van der Waals surface area contributed by atoms with E-state index in [9.17, 15) is 9.59 Å². The quantitative estimate of drug-likeness (QED) is 0.830. The summed E-state index contributed by atoms with van der Waals surface area (Å²) < 4.78 is 10.6. The largest absolute Gasteiger partial charge is 0.487 e. The van der Waals surface area contributed by atoms with Gasteiger partial charge in [-0.2, -0.15) is 0 Å². The van der Waals surface area contributed by atoms with Gasteiger partial charge in [0.05, 0.1) is 24.1 Å². The van der Waals surface area contributed by atoms with Crippen molar-refractivity contribution in [1.82, 2.24) is 5.32 Å². The zero-order valence-corrected chi connectivity index (χ0v) is 14.3. The molecule has 2 amide bonds. The summed E-state index contributed by atoms with van der Waals surface area (Å²) >= 11 is 1.53. The van der Waals surface area contributed by atoms with Crippen LogP contribution in [0.1, 0.15) is 16.1 Å². The third kappa shape index (κ3) is 4.67. The molecule has 0 bridgehead atoms. The molecule has 0 radical (unpaired) electrons. The van der Waals surface area contributed by atoms with Crippen molar-refractivity contribution in [2.45, 2.75) is 6.42 Å².